The minimum atomic E-state index is 0.974. The van der Waals surface area contributed by atoms with Crippen molar-refractivity contribution in [3.63, 3.8) is 0 Å². The van der Waals surface area contributed by atoms with Crippen LogP contribution in [0.15, 0.2) is 12.7 Å². The van der Waals surface area contributed by atoms with Crippen molar-refractivity contribution >= 4 is 0 Å². The molecule has 9 heavy (non-hydrogen) atoms. The van der Waals surface area contributed by atoms with Crippen LogP contribution < -0.4 is 5.32 Å². The zero-order valence-electron chi connectivity index (χ0n) is 6.35. The zero-order chi connectivity index (χ0) is 7.11. The Kier molecular flexibility index (Phi) is 5.57. The highest BCUT2D eigenvalue weighted by atomic mass is 15.1. The highest BCUT2D eigenvalue weighted by Gasteiger charge is 1.90. The number of likely N-dealkylation sites (N-methyl/N-ethyl adjacent to an activating group) is 2. The standard InChI is InChI=1S/C7H16N2/c1-4-6-9(3)7-5-8-2/h4,8H,1,5-7H2,2-3H3. The van der Waals surface area contributed by atoms with E-state index < -0.39 is 0 Å². The van der Waals surface area contributed by atoms with Gasteiger partial charge in [-0.1, -0.05) is 6.08 Å². The average molecular weight is 128 g/mol. The van der Waals surface area contributed by atoms with Crippen molar-refractivity contribution in [3.05, 3.63) is 12.7 Å². The average Bonchev–Trinajstić information content (AvgIpc) is 1.85. The van der Waals surface area contributed by atoms with Gasteiger partial charge in [0.2, 0.25) is 0 Å². The summed E-state index contributed by atoms with van der Waals surface area (Å²) >= 11 is 0. The van der Waals surface area contributed by atoms with E-state index in [0.29, 0.717) is 0 Å². The molecular weight excluding hydrogens is 112 g/mol. The Balaban J connectivity index is 3.04. The van der Waals surface area contributed by atoms with Gasteiger partial charge in [-0.15, -0.1) is 6.58 Å². The minimum absolute atomic E-state index is 0.974. The maximum atomic E-state index is 3.65. The molecule has 0 aromatic heterocycles. The number of rotatable bonds is 5. The van der Waals surface area contributed by atoms with Gasteiger partial charge in [0.25, 0.3) is 0 Å². The number of nitrogens with zero attached hydrogens (tertiary/aromatic N) is 1. The van der Waals surface area contributed by atoms with Crippen LogP contribution in [0.4, 0.5) is 0 Å². The van der Waals surface area contributed by atoms with Crippen molar-refractivity contribution in [2.45, 2.75) is 0 Å². The van der Waals surface area contributed by atoms with E-state index in [-0.39, 0.29) is 0 Å². The van der Waals surface area contributed by atoms with Gasteiger partial charge in [-0.25, -0.2) is 0 Å². The van der Waals surface area contributed by atoms with Crippen molar-refractivity contribution in [3.8, 4) is 0 Å². The van der Waals surface area contributed by atoms with Gasteiger partial charge in [0.15, 0.2) is 0 Å². The first-order valence-corrected chi connectivity index (χ1v) is 3.25. The molecule has 1 N–H and O–H groups in total. The molecule has 2 nitrogen and oxygen atoms in total. The maximum absolute atomic E-state index is 3.65. The van der Waals surface area contributed by atoms with E-state index in [4.69, 9.17) is 0 Å². The third-order valence-corrected chi connectivity index (χ3v) is 1.18. The summed E-state index contributed by atoms with van der Waals surface area (Å²) in [5.74, 6) is 0. The molecule has 0 amide bonds. The fraction of sp³-hybridized carbons (Fsp3) is 0.714. The predicted octanol–water partition coefficient (Wildman–Crippen LogP) is 0.324. The summed E-state index contributed by atoms with van der Waals surface area (Å²) in [5, 5.41) is 3.08. The van der Waals surface area contributed by atoms with Gasteiger partial charge >= 0.3 is 0 Å². The van der Waals surface area contributed by atoms with Crippen molar-refractivity contribution in [2.24, 2.45) is 0 Å². The fourth-order valence-electron chi connectivity index (χ4n) is 0.614. The molecule has 0 fully saturated rings. The van der Waals surface area contributed by atoms with Crippen LogP contribution in [-0.2, 0) is 0 Å². The van der Waals surface area contributed by atoms with E-state index in [1.807, 2.05) is 13.1 Å². The molecule has 0 radical (unpaired) electrons. The van der Waals surface area contributed by atoms with Crippen LogP contribution in [0.1, 0.15) is 0 Å². The predicted molar refractivity (Wildman–Crippen MR) is 41.6 cm³/mol. The maximum Gasteiger partial charge on any atom is 0.0158 e. The van der Waals surface area contributed by atoms with Crippen LogP contribution in [0.3, 0.4) is 0 Å². The zero-order valence-corrected chi connectivity index (χ0v) is 6.35. The lowest BCUT2D eigenvalue weighted by atomic mass is 10.5. The lowest BCUT2D eigenvalue weighted by Gasteiger charge is -2.12. The molecule has 0 saturated heterocycles. The van der Waals surface area contributed by atoms with Gasteiger partial charge in [0, 0.05) is 19.6 Å². The van der Waals surface area contributed by atoms with Crippen LogP contribution in [-0.4, -0.2) is 38.6 Å². The van der Waals surface area contributed by atoms with Crippen molar-refractivity contribution < 1.29 is 0 Å². The first-order chi connectivity index (χ1) is 4.31. The Morgan fingerprint density at radius 1 is 1.67 bits per heavy atom. The summed E-state index contributed by atoms with van der Waals surface area (Å²) in [6, 6.07) is 0. The van der Waals surface area contributed by atoms with Crippen LogP contribution in [0.25, 0.3) is 0 Å². The summed E-state index contributed by atoms with van der Waals surface area (Å²) < 4.78 is 0. The SMILES string of the molecule is C=CCN(C)CCNC. The summed E-state index contributed by atoms with van der Waals surface area (Å²) in [6.07, 6.45) is 1.91. The number of hydrogen-bond donors (Lipinski definition) is 1. The quantitative estimate of drug-likeness (QED) is 0.537. The Bertz CT molecular complexity index is 71.3. The van der Waals surface area contributed by atoms with E-state index in [1.54, 1.807) is 0 Å². The molecule has 0 spiro atoms. The molecule has 0 saturated carbocycles. The third-order valence-electron chi connectivity index (χ3n) is 1.18. The Morgan fingerprint density at radius 2 is 2.33 bits per heavy atom. The third kappa shape index (κ3) is 5.53. The van der Waals surface area contributed by atoms with Crippen molar-refractivity contribution in [1.82, 2.24) is 10.2 Å². The van der Waals surface area contributed by atoms with Crippen LogP contribution in [0.2, 0.25) is 0 Å². The molecule has 0 rings (SSSR count). The lowest BCUT2D eigenvalue weighted by Crippen LogP contribution is -2.27. The van der Waals surface area contributed by atoms with Gasteiger partial charge in [0.05, 0.1) is 0 Å². The molecule has 0 heterocycles. The molecule has 54 valence electrons. The Hall–Kier alpha value is -0.340. The molecule has 0 unspecified atom stereocenters. The van der Waals surface area contributed by atoms with E-state index in [9.17, 15) is 0 Å². The molecule has 0 atom stereocenters. The monoisotopic (exact) mass is 128 g/mol. The summed E-state index contributed by atoms with van der Waals surface area (Å²) in [5.41, 5.74) is 0. The normalized spacial score (nSPS) is 10.1. The number of nitrogens with one attached hydrogen (secondary N) is 1. The fourth-order valence-corrected chi connectivity index (χ4v) is 0.614. The Labute approximate surface area is 57.5 Å². The van der Waals surface area contributed by atoms with Gasteiger partial charge in [0.1, 0.15) is 0 Å². The first-order valence-electron chi connectivity index (χ1n) is 3.25. The van der Waals surface area contributed by atoms with Crippen LogP contribution in [0.5, 0.6) is 0 Å². The second-order valence-corrected chi connectivity index (χ2v) is 2.15. The highest BCUT2D eigenvalue weighted by molar-refractivity contribution is 4.70. The molecule has 0 aromatic carbocycles. The van der Waals surface area contributed by atoms with Crippen LogP contribution >= 0.6 is 0 Å². The smallest absolute Gasteiger partial charge is 0.0158 e. The molecule has 0 aromatic rings. The topological polar surface area (TPSA) is 15.3 Å². The molecule has 2 heteroatoms. The van der Waals surface area contributed by atoms with E-state index >= 15 is 0 Å². The second-order valence-electron chi connectivity index (χ2n) is 2.15. The van der Waals surface area contributed by atoms with Crippen molar-refractivity contribution in [2.75, 3.05) is 33.7 Å². The van der Waals surface area contributed by atoms with Crippen molar-refractivity contribution in [1.29, 1.82) is 0 Å². The summed E-state index contributed by atoms with van der Waals surface area (Å²) in [4.78, 5) is 2.21. The largest absolute Gasteiger partial charge is 0.318 e. The second kappa shape index (κ2) is 5.79. The van der Waals surface area contributed by atoms with Gasteiger partial charge < -0.3 is 10.2 Å². The van der Waals surface area contributed by atoms with Gasteiger partial charge in [-0.3, -0.25) is 0 Å². The van der Waals surface area contributed by atoms with E-state index in [2.05, 4.69) is 23.8 Å². The summed E-state index contributed by atoms with van der Waals surface area (Å²) in [6.45, 7) is 6.75. The molecular formula is C7H16N2. The molecule has 0 bridgehead atoms. The minimum Gasteiger partial charge on any atom is -0.318 e. The first kappa shape index (κ1) is 8.66. The lowest BCUT2D eigenvalue weighted by molar-refractivity contribution is 0.371. The molecule has 0 aliphatic rings. The van der Waals surface area contributed by atoms with E-state index in [1.165, 1.54) is 0 Å². The van der Waals surface area contributed by atoms with E-state index in [0.717, 1.165) is 19.6 Å². The highest BCUT2D eigenvalue weighted by Crippen LogP contribution is 1.78. The van der Waals surface area contributed by atoms with Crippen LogP contribution in [0, 0.1) is 0 Å². The number of hydrogen-bond acceptors (Lipinski definition) is 2. The summed E-state index contributed by atoms with van der Waals surface area (Å²) in [7, 11) is 4.04. The molecule has 0 aliphatic heterocycles. The molecule has 0 aliphatic carbocycles. The van der Waals surface area contributed by atoms with Gasteiger partial charge in [-0.2, -0.15) is 0 Å². The van der Waals surface area contributed by atoms with Gasteiger partial charge in [-0.05, 0) is 14.1 Å². The Morgan fingerprint density at radius 3 is 2.78 bits per heavy atom.